The van der Waals surface area contributed by atoms with Gasteiger partial charge in [-0.2, -0.15) is 5.10 Å². The SMILES string of the molecule is COc1cc(C[C@H]2CC(C(=O)N/N=C\c3ccc(F)cc3)=NO2)c(OC)c2c1OCO2. The highest BCUT2D eigenvalue weighted by Gasteiger charge is 2.31. The first-order valence-electron chi connectivity index (χ1n) is 9.44. The van der Waals surface area contributed by atoms with E-state index in [0.717, 1.165) is 5.56 Å². The van der Waals surface area contributed by atoms with E-state index in [4.69, 9.17) is 23.8 Å². The average Bonchev–Trinajstić information content (AvgIpc) is 3.44. The average molecular weight is 429 g/mol. The van der Waals surface area contributed by atoms with Crippen LogP contribution in [0.1, 0.15) is 17.5 Å². The molecule has 2 aromatic carbocycles. The molecule has 1 N–H and O–H groups in total. The molecule has 2 aliphatic rings. The quantitative estimate of drug-likeness (QED) is 0.536. The summed E-state index contributed by atoms with van der Waals surface area (Å²) in [5, 5.41) is 7.74. The smallest absolute Gasteiger partial charge is 0.289 e. The minimum Gasteiger partial charge on any atom is -0.493 e. The van der Waals surface area contributed by atoms with Gasteiger partial charge in [0.05, 0.1) is 20.4 Å². The lowest BCUT2D eigenvalue weighted by atomic mass is 10.0. The third-order valence-electron chi connectivity index (χ3n) is 4.76. The van der Waals surface area contributed by atoms with Crippen LogP contribution in [0.15, 0.2) is 40.6 Å². The standard InChI is InChI=1S/C21H20FN3O6/c1-27-17-8-13(18(28-2)20-19(17)29-11-30-20)7-15-9-16(25-31-15)21(26)24-23-10-12-3-5-14(22)6-4-12/h3-6,8,10,15H,7,9,11H2,1-2H3,(H,24,26)/b23-10-/t15-/m0/s1. The Balaban J connectivity index is 1.38. The monoisotopic (exact) mass is 429 g/mol. The molecule has 1 amide bonds. The molecular formula is C21H20FN3O6. The summed E-state index contributed by atoms with van der Waals surface area (Å²) in [6, 6.07) is 7.50. The Hall–Kier alpha value is -3.82. The fourth-order valence-electron chi connectivity index (χ4n) is 3.29. The summed E-state index contributed by atoms with van der Waals surface area (Å²) in [5.74, 6) is 1.20. The Labute approximate surface area is 177 Å². The summed E-state index contributed by atoms with van der Waals surface area (Å²) < 4.78 is 34.8. The maximum Gasteiger partial charge on any atom is 0.289 e. The van der Waals surface area contributed by atoms with Gasteiger partial charge in [0.15, 0.2) is 11.5 Å². The number of hydrogen-bond donors (Lipinski definition) is 1. The number of hydrogen-bond acceptors (Lipinski definition) is 8. The normalized spacial score (nSPS) is 16.7. The fourth-order valence-corrected chi connectivity index (χ4v) is 3.29. The number of benzene rings is 2. The van der Waals surface area contributed by atoms with Crippen LogP contribution in [0, 0.1) is 5.82 Å². The van der Waals surface area contributed by atoms with E-state index in [2.05, 4.69) is 15.7 Å². The van der Waals surface area contributed by atoms with Crippen LogP contribution < -0.4 is 24.4 Å². The van der Waals surface area contributed by atoms with E-state index in [1.807, 2.05) is 0 Å². The van der Waals surface area contributed by atoms with E-state index in [-0.39, 0.29) is 30.8 Å². The number of fused-ring (bicyclic) bond motifs is 1. The molecule has 0 aliphatic carbocycles. The van der Waals surface area contributed by atoms with E-state index in [0.29, 0.717) is 35.0 Å². The minimum atomic E-state index is -0.476. The summed E-state index contributed by atoms with van der Waals surface area (Å²) in [5.41, 5.74) is 4.03. The largest absolute Gasteiger partial charge is 0.493 e. The minimum absolute atomic E-state index is 0.0807. The zero-order valence-corrected chi connectivity index (χ0v) is 16.9. The molecule has 0 saturated carbocycles. The van der Waals surface area contributed by atoms with Crippen LogP contribution in [0.2, 0.25) is 0 Å². The maximum absolute atomic E-state index is 12.9. The van der Waals surface area contributed by atoms with Gasteiger partial charge in [-0.15, -0.1) is 0 Å². The van der Waals surface area contributed by atoms with Gasteiger partial charge < -0.3 is 23.8 Å². The third-order valence-corrected chi connectivity index (χ3v) is 4.76. The molecule has 0 unspecified atom stereocenters. The Kier molecular flexibility index (Phi) is 5.87. The predicted octanol–water partition coefficient (Wildman–Crippen LogP) is 2.41. The lowest BCUT2D eigenvalue weighted by Crippen LogP contribution is -2.27. The molecule has 162 valence electrons. The number of hydrazone groups is 1. The van der Waals surface area contributed by atoms with E-state index in [1.165, 1.54) is 32.6 Å². The Morgan fingerprint density at radius 3 is 2.77 bits per heavy atom. The van der Waals surface area contributed by atoms with Gasteiger partial charge in [0.2, 0.25) is 18.3 Å². The zero-order valence-electron chi connectivity index (χ0n) is 16.9. The number of ether oxygens (including phenoxy) is 4. The molecule has 0 fully saturated rings. The highest BCUT2D eigenvalue weighted by Crippen LogP contribution is 2.49. The molecule has 10 heteroatoms. The lowest BCUT2D eigenvalue weighted by molar-refractivity contribution is -0.114. The summed E-state index contributed by atoms with van der Waals surface area (Å²) in [6.45, 7) is 0.0807. The second kappa shape index (κ2) is 8.90. The molecule has 1 atom stereocenters. The number of carbonyl (C=O) groups is 1. The summed E-state index contributed by atoms with van der Waals surface area (Å²) in [7, 11) is 3.08. The zero-order chi connectivity index (χ0) is 21.8. The molecule has 0 radical (unpaired) electrons. The van der Waals surface area contributed by atoms with Crippen molar-refractivity contribution in [3.63, 3.8) is 0 Å². The van der Waals surface area contributed by atoms with Gasteiger partial charge >= 0.3 is 0 Å². The number of carbonyl (C=O) groups excluding carboxylic acids is 1. The van der Waals surface area contributed by atoms with Crippen molar-refractivity contribution in [1.82, 2.24) is 5.43 Å². The Morgan fingerprint density at radius 2 is 2.03 bits per heavy atom. The summed E-state index contributed by atoms with van der Waals surface area (Å²) in [4.78, 5) is 17.7. The summed E-state index contributed by atoms with van der Waals surface area (Å²) >= 11 is 0. The molecule has 2 aromatic rings. The Morgan fingerprint density at radius 1 is 1.26 bits per heavy atom. The number of methoxy groups -OCH3 is 2. The van der Waals surface area contributed by atoms with Crippen molar-refractivity contribution in [3.05, 3.63) is 47.3 Å². The molecule has 0 bridgehead atoms. The van der Waals surface area contributed by atoms with Crippen LogP contribution >= 0.6 is 0 Å². The molecule has 9 nitrogen and oxygen atoms in total. The van der Waals surface area contributed by atoms with Gasteiger partial charge in [0.1, 0.15) is 17.6 Å². The lowest BCUT2D eigenvalue weighted by Gasteiger charge is -2.15. The predicted molar refractivity (Wildman–Crippen MR) is 108 cm³/mol. The highest BCUT2D eigenvalue weighted by atomic mass is 19.1. The molecule has 2 aliphatic heterocycles. The van der Waals surface area contributed by atoms with Crippen LogP contribution in [0.3, 0.4) is 0 Å². The van der Waals surface area contributed by atoms with Crippen molar-refractivity contribution in [3.8, 4) is 23.0 Å². The van der Waals surface area contributed by atoms with E-state index < -0.39 is 5.91 Å². The van der Waals surface area contributed by atoms with Gasteiger partial charge in [-0.1, -0.05) is 17.3 Å². The number of oxime groups is 1. The molecule has 31 heavy (non-hydrogen) atoms. The van der Waals surface area contributed by atoms with Gasteiger partial charge in [0, 0.05) is 18.4 Å². The van der Waals surface area contributed by atoms with Crippen LogP contribution in [0.4, 0.5) is 4.39 Å². The van der Waals surface area contributed by atoms with E-state index >= 15 is 0 Å². The number of rotatable bonds is 7. The maximum atomic E-state index is 12.9. The Bertz CT molecular complexity index is 1040. The fraction of sp³-hybridized carbons (Fsp3) is 0.286. The van der Waals surface area contributed by atoms with Crippen LogP contribution in [-0.4, -0.2) is 44.9 Å². The molecule has 0 aromatic heterocycles. The van der Waals surface area contributed by atoms with Crippen molar-refractivity contribution in [2.75, 3.05) is 21.0 Å². The molecule has 4 rings (SSSR count). The van der Waals surface area contributed by atoms with E-state index in [1.54, 1.807) is 18.2 Å². The van der Waals surface area contributed by atoms with Crippen molar-refractivity contribution < 1.29 is 33.0 Å². The van der Waals surface area contributed by atoms with Crippen molar-refractivity contribution >= 4 is 17.8 Å². The van der Waals surface area contributed by atoms with Gasteiger partial charge in [-0.3, -0.25) is 4.79 Å². The van der Waals surface area contributed by atoms with Gasteiger partial charge in [0.25, 0.3) is 5.91 Å². The third kappa shape index (κ3) is 4.37. The van der Waals surface area contributed by atoms with Crippen molar-refractivity contribution in [1.29, 1.82) is 0 Å². The number of nitrogens with one attached hydrogen (secondary N) is 1. The number of amides is 1. The first-order valence-corrected chi connectivity index (χ1v) is 9.44. The second-order valence-corrected chi connectivity index (χ2v) is 6.76. The van der Waals surface area contributed by atoms with Crippen LogP contribution in [-0.2, 0) is 16.1 Å². The van der Waals surface area contributed by atoms with Crippen LogP contribution in [0.25, 0.3) is 0 Å². The molecular weight excluding hydrogens is 409 g/mol. The van der Waals surface area contributed by atoms with E-state index in [9.17, 15) is 9.18 Å². The highest BCUT2D eigenvalue weighted by molar-refractivity contribution is 6.39. The van der Waals surface area contributed by atoms with Gasteiger partial charge in [-0.25, -0.2) is 9.82 Å². The number of nitrogens with zero attached hydrogens (tertiary/aromatic N) is 2. The van der Waals surface area contributed by atoms with Crippen molar-refractivity contribution in [2.24, 2.45) is 10.3 Å². The van der Waals surface area contributed by atoms with Crippen molar-refractivity contribution in [2.45, 2.75) is 18.9 Å². The molecule has 2 heterocycles. The van der Waals surface area contributed by atoms with Gasteiger partial charge in [-0.05, 0) is 23.8 Å². The molecule has 0 saturated heterocycles. The number of halogens is 1. The summed E-state index contributed by atoms with van der Waals surface area (Å²) in [6.07, 6.45) is 1.74. The first-order chi connectivity index (χ1) is 15.1. The first kappa shape index (κ1) is 20.5. The topological polar surface area (TPSA) is 100.0 Å². The van der Waals surface area contributed by atoms with Crippen LogP contribution in [0.5, 0.6) is 23.0 Å². The molecule has 0 spiro atoms. The second-order valence-electron chi connectivity index (χ2n) is 6.76.